The molecule has 0 spiro atoms. The predicted octanol–water partition coefficient (Wildman–Crippen LogP) is 4.61. The lowest BCUT2D eigenvalue weighted by molar-refractivity contribution is 0.0507. The van der Waals surface area contributed by atoms with E-state index in [1.807, 2.05) is 49.4 Å². The number of carbonyl (C=O) groups excluding carboxylic acids is 2. The SMILES string of the molecule is Cc1ccccc1C(=O)Oc1cccc(C(=O)OCCc2ccccc2)c1. The number of benzene rings is 3. The number of hydrogen-bond acceptors (Lipinski definition) is 4. The Morgan fingerprint density at radius 3 is 2.33 bits per heavy atom. The summed E-state index contributed by atoms with van der Waals surface area (Å²) in [5, 5.41) is 0. The normalized spacial score (nSPS) is 10.3. The van der Waals surface area contributed by atoms with Crippen molar-refractivity contribution in [3.05, 3.63) is 101 Å². The lowest BCUT2D eigenvalue weighted by Crippen LogP contribution is -2.11. The van der Waals surface area contributed by atoms with Gasteiger partial charge in [-0.15, -0.1) is 0 Å². The molecule has 0 bridgehead atoms. The van der Waals surface area contributed by atoms with E-state index in [0.717, 1.165) is 11.1 Å². The molecule has 27 heavy (non-hydrogen) atoms. The zero-order valence-corrected chi connectivity index (χ0v) is 15.1. The van der Waals surface area contributed by atoms with Gasteiger partial charge in [-0.2, -0.15) is 0 Å². The van der Waals surface area contributed by atoms with Gasteiger partial charge in [0, 0.05) is 6.42 Å². The summed E-state index contributed by atoms with van der Waals surface area (Å²) in [7, 11) is 0. The Bertz CT molecular complexity index is 932. The van der Waals surface area contributed by atoms with Gasteiger partial charge in [-0.3, -0.25) is 0 Å². The molecule has 0 amide bonds. The third kappa shape index (κ3) is 5.05. The molecule has 0 aliphatic carbocycles. The Hall–Kier alpha value is -3.40. The number of ether oxygens (including phenoxy) is 2. The zero-order chi connectivity index (χ0) is 19.1. The Kier molecular flexibility index (Phi) is 6.00. The summed E-state index contributed by atoms with van der Waals surface area (Å²) in [4.78, 5) is 24.5. The fourth-order valence-electron chi connectivity index (χ4n) is 2.64. The number of rotatable bonds is 6. The Morgan fingerprint density at radius 1 is 0.815 bits per heavy atom. The fourth-order valence-corrected chi connectivity index (χ4v) is 2.64. The van der Waals surface area contributed by atoms with Gasteiger partial charge in [0.25, 0.3) is 0 Å². The predicted molar refractivity (Wildman–Crippen MR) is 103 cm³/mol. The van der Waals surface area contributed by atoms with Crippen LogP contribution in [0.4, 0.5) is 0 Å². The molecule has 136 valence electrons. The molecule has 0 atom stereocenters. The second-order valence-corrected chi connectivity index (χ2v) is 6.10. The number of aryl methyl sites for hydroxylation is 1. The van der Waals surface area contributed by atoms with Gasteiger partial charge in [0.1, 0.15) is 5.75 Å². The highest BCUT2D eigenvalue weighted by molar-refractivity contribution is 5.93. The summed E-state index contributed by atoms with van der Waals surface area (Å²) in [6.45, 7) is 2.13. The van der Waals surface area contributed by atoms with Crippen molar-refractivity contribution in [3.63, 3.8) is 0 Å². The molecule has 3 aromatic carbocycles. The van der Waals surface area contributed by atoms with E-state index in [-0.39, 0.29) is 6.61 Å². The molecule has 4 nitrogen and oxygen atoms in total. The summed E-state index contributed by atoms with van der Waals surface area (Å²) in [5.74, 6) is -0.594. The maximum absolute atomic E-state index is 12.3. The fraction of sp³-hybridized carbons (Fsp3) is 0.130. The first-order valence-electron chi connectivity index (χ1n) is 8.72. The van der Waals surface area contributed by atoms with Gasteiger partial charge in [-0.25, -0.2) is 9.59 Å². The van der Waals surface area contributed by atoms with Crippen LogP contribution in [0.3, 0.4) is 0 Å². The summed E-state index contributed by atoms with van der Waals surface area (Å²) >= 11 is 0. The van der Waals surface area contributed by atoms with Crippen LogP contribution in [0.25, 0.3) is 0 Å². The molecule has 3 rings (SSSR count). The topological polar surface area (TPSA) is 52.6 Å². The first-order chi connectivity index (χ1) is 13.1. The molecule has 0 unspecified atom stereocenters. The number of esters is 2. The van der Waals surface area contributed by atoms with E-state index in [0.29, 0.717) is 23.3 Å². The molecule has 0 N–H and O–H groups in total. The van der Waals surface area contributed by atoms with Gasteiger partial charge < -0.3 is 9.47 Å². The highest BCUT2D eigenvalue weighted by Gasteiger charge is 2.13. The van der Waals surface area contributed by atoms with Crippen LogP contribution in [0.1, 0.15) is 31.8 Å². The smallest absolute Gasteiger partial charge is 0.343 e. The van der Waals surface area contributed by atoms with Crippen LogP contribution in [0.15, 0.2) is 78.9 Å². The van der Waals surface area contributed by atoms with Crippen molar-refractivity contribution < 1.29 is 19.1 Å². The molecular formula is C23H20O4. The third-order valence-electron chi connectivity index (χ3n) is 4.11. The van der Waals surface area contributed by atoms with Crippen molar-refractivity contribution in [2.45, 2.75) is 13.3 Å². The summed E-state index contributed by atoms with van der Waals surface area (Å²) in [6, 6.07) is 23.5. The van der Waals surface area contributed by atoms with Crippen LogP contribution >= 0.6 is 0 Å². The van der Waals surface area contributed by atoms with Gasteiger partial charge in [-0.1, -0.05) is 54.6 Å². The van der Waals surface area contributed by atoms with Crippen LogP contribution in [-0.2, 0) is 11.2 Å². The van der Waals surface area contributed by atoms with Crippen LogP contribution in [0.2, 0.25) is 0 Å². The van der Waals surface area contributed by atoms with Crippen LogP contribution in [0.5, 0.6) is 5.75 Å². The minimum Gasteiger partial charge on any atom is -0.462 e. The summed E-state index contributed by atoms with van der Waals surface area (Å²) in [5.41, 5.74) is 2.77. The first-order valence-corrected chi connectivity index (χ1v) is 8.72. The summed E-state index contributed by atoms with van der Waals surface area (Å²) in [6.07, 6.45) is 0.647. The van der Waals surface area contributed by atoms with Crippen molar-refractivity contribution in [2.75, 3.05) is 6.61 Å². The molecule has 0 radical (unpaired) electrons. The second-order valence-electron chi connectivity index (χ2n) is 6.10. The quantitative estimate of drug-likeness (QED) is 0.476. The average molecular weight is 360 g/mol. The van der Waals surface area contributed by atoms with E-state index in [4.69, 9.17) is 9.47 Å². The highest BCUT2D eigenvalue weighted by Crippen LogP contribution is 2.17. The van der Waals surface area contributed by atoms with Gasteiger partial charge in [0.2, 0.25) is 0 Å². The molecule has 0 fully saturated rings. The van der Waals surface area contributed by atoms with Crippen molar-refractivity contribution in [2.24, 2.45) is 0 Å². The Morgan fingerprint density at radius 2 is 1.56 bits per heavy atom. The molecule has 0 aliphatic rings. The molecule has 4 heteroatoms. The van der Waals surface area contributed by atoms with Gasteiger partial charge in [0.15, 0.2) is 0 Å². The summed E-state index contributed by atoms with van der Waals surface area (Å²) < 4.78 is 10.7. The monoisotopic (exact) mass is 360 g/mol. The van der Waals surface area contributed by atoms with Crippen LogP contribution in [-0.4, -0.2) is 18.5 Å². The van der Waals surface area contributed by atoms with E-state index in [9.17, 15) is 9.59 Å². The first kappa shape index (κ1) is 18.4. The minimum atomic E-state index is -0.456. The third-order valence-corrected chi connectivity index (χ3v) is 4.11. The van der Waals surface area contributed by atoms with Crippen LogP contribution < -0.4 is 4.74 Å². The molecule has 0 saturated heterocycles. The van der Waals surface area contributed by atoms with E-state index in [2.05, 4.69) is 0 Å². The standard InChI is InChI=1S/C23H20O4/c1-17-8-5-6-13-21(17)23(25)27-20-12-7-11-19(16-20)22(24)26-15-14-18-9-3-2-4-10-18/h2-13,16H,14-15H2,1H3. The van der Waals surface area contributed by atoms with Gasteiger partial charge in [-0.05, 0) is 42.3 Å². The number of carbonyl (C=O) groups is 2. The average Bonchev–Trinajstić information content (AvgIpc) is 2.69. The molecule has 0 aromatic heterocycles. The van der Waals surface area contributed by atoms with E-state index in [1.54, 1.807) is 30.3 Å². The minimum absolute atomic E-state index is 0.288. The second kappa shape index (κ2) is 8.81. The van der Waals surface area contributed by atoms with Gasteiger partial charge in [0.05, 0.1) is 17.7 Å². The largest absolute Gasteiger partial charge is 0.462 e. The van der Waals surface area contributed by atoms with Crippen molar-refractivity contribution in [1.29, 1.82) is 0 Å². The van der Waals surface area contributed by atoms with Crippen molar-refractivity contribution in [1.82, 2.24) is 0 Å². The van der Waals surface area contributed by atoms with E-state index >= 15 is 0 Å². The molecule has 0 aliphatic heterocycles. The van der Waals surface area contributed by atoms with E-state index < -0.39 is 11.9 Å². The maximum atomic E-state index is 12.3. The Labute approximate surface area is 158 Å². The highest BCUT2D eigenvalue weighted by atomic mass is 16.5. The molecule has 3 aromatic rings. The van der Waals surface area contributed by atoms with Crippen molar-refractivity contribution in [3.8, 4) is 5.75 Å². The maximum Gasteiger partial charge on any atom is 0.343 e. The lowest BCUT2D eigenvalue weighted by atomic mass is 10.1. The number of hydrogen-bond donors (Lipinski definition) is 0. The van der Waals surface area contributed by atoms with Crippen molar-refractivity contribution >= 4 is 11.9 Å². The van der Waals surface area contributed by atoms with Gasteiger partial charge >= 0.3 is 11.9 Å². The molecule has 0 saturated carbocycles. The molecule has 0 heterocycles. The zero-order valence-electron chi connectivity index (χ0n) is 15.1. The Balaban J connectivity index is 1.60. The van der Waals surface area contributed by atoms with Crippen LogP contribution in [0, 0.1) is 6.92 Å². The van der Waals surface area contributed by atoms with E-state index in [1.165, 1.54) is 6.07 Å². The lowest BCUT2D eigenvalue weighted by Gasteiger charge is -2.08. The molecular weight excluding hydrogens is 340 g/mol.